The van der Waals surface area contributed by atoms with Gasteiger partial charge in [0, 0.05) is 19.0 Å². The lowest BCUT2D eigenvalue weighted by Crippen LogP contribution is -2.43. The van der Waals surface area contributed by atoms with Crippen LogP contribution in [0.3, 0.4) is 0 Å². The summed E-state index contributed by atoms with van der Waals surface area (Å²) in [7, 11) is 4.06. The maximum absolute atomic E-state index is 11.9. The number of nitrogens with one attached hydrogen (secondary N) is 1. The number of benzene rings is 1. The summed E-state index contributed by atoms with van der Waals surface area (Å²) in [6.07, 6.45) is 1.09. The Bertz CT molecular complexity index is 422. The van der Waals surface area contributed by atoms with Crippen LogP contribution in [0.2, 0.25) is 0 Å². The van der Waals surface area contributed by atoms with Gasteiger partial charge in [-0.2, -0.15) is 0 Å². The molecule has 112 valence electrons. The van der Waals surface area contributed by atoms with Crippen LogP contribution in [0.25, 0.3) is 0 Å². The Hall–Kier alpha value is -1.55. The molecule has 0 spiro atoms. The van der Waals surface area contributed by atoms with Gasteiger partial charge in [0.05, 0.1) is 0 Å². The van der Waals surface area contributed by atoms with E-state index in [2.05, 4.69) is 24.1 Å². The number of carbonyl (C=O) groups is 1. The van der Waals surface area contributed by atoms with Crippen molar-refractivity contribution in [3.63, 3.8) is 0 Å². The van der Waals surface area contributed by atoms with Crippen LogP contribution in [0.4, 0.5) is 0 Å². The Morgan fingerprint density at radius 2 is 2.05 bits per heavy atom. The zero-order valence-electron chi connectivity index (χ0n) is 12.9. The van der Waals surface area contributed by atoms with Gasteiger partial charge in [-0.3, -0.25) is 4.79 Å². The summed E-state index contributed by atoms with van der Waals surface area (Å²) in [5, 5.41) is 12.4. The Balaban J connectivity index is 2.37. The van der Waals surface area contributed by atoms with Gasteiger partial charge in [0.2, 0.25) is 5.91 Å². The molecule has 1 aromatic rings. The Morgan fingerprint density at radius 1 is 1.35 bits per heavy atom. The number of aryl methyl sites for hydroxylation is 1. The smallest absolute Gasteiger partial charge is 0.220 e. The molecule has 0 heterocycles. The molecule has 0 aliphatic rings. The number of phenolic OH excluding ortho intramolecular Hbond substituents is 1. The number of carbonyl (C=O) groups excluding carboxylic acids is 1. The molecule has 0 bridgehead atoms. The number of aromatic hydroxyl groups is 1. The molecule has 0 radical (unpaired) electrons. The number of phenols is 1. The zero-order valence-corrected chi connectivity index (χ0v) is 12.9. The van der Waals surface area contributed by atoms with Crippen LogP contribution in [0.15, 0.2) is 24.3 Å². The maximum atomic E-state index is 11.9. The van der Waals surface area contributed by atoms with Crippen molar-refractivity contribution in [3.8, 4) is 5.75 Å². The van der Waals surface area contributed by atoms with Crippen molar-refractivity contribution in [1.29, 1.82) is 0 Å². The fourth-order valence-electron chi connectivity index (χ4n) is 2.29. The third kappa shape index (κ3) is 5.61. The summed E-state index contributed by atoms with van der Waals surface area (Å²) in [6, 6.07) is 7.39. The van der Waals surface area contributed by atoms with Crippen molar-refractivity contribution < 1.29 is 9.90 Å². The lowest BCUT2D eigenvalue weighted by atomic mass is 10.0. The second kappa shape index (κ2) is 7.90. The average Bonchev–Trinajstić information content (AvgIpc) is 2.35. The molecule has 0 fully saturated rings. The topological polar surface area (TPSA) is 52.6 Å². The van der Waals surface area contributed by atoms with E-state index >= 15 is 0 Å². The minimum absolute atomic E-state index is 0.0563. The van der Waals surface area contributed by atoms with Gasteiger partial charge in [0.15, 0.2) is 0 Å². The number of hydrogen-bond donors (Lipinski definition) is 2. The number of hydrogen-bond acceptors (Lipinski definition) is 3. The molecule has 1 rings (SSSR count). The van der Waals surface area contributed by atoms with Crippen LogP contribution in [0.1, 0.15) is 25.8 Å². The molecule has 0 saturated heterocycles. The monoisotopic (exact) mass is 278 g/mol. The third-order valence-corrected chi connectivity index (χ3v) is 3.49. The molecule has 1 aromatic carbocycles. The second-order valence-electron chi connectivity index (χ2n) is 5.75. The molecule has 0 aliphatic carbocycles. The molecule has 0 saturated carbocycles. The third-order valence-electron chi connectivity index (χ3n) is 3.49. The van der Waals surface area contributed by atoms with Crippen molar-refractivity contribution in [1.82, 2.24) is 10.2 Å². The van der Waals surface area contributed by atoms with Crippen molar-refractivity contribution in [3.05, 3.63) is 29.8 Å². The fraction of sp³-hybridized carbons (Fsp3) is 0.562. The molecule has 0 aliphatic heterocycles. The lowest BCUT2D eigenvalue weighted by Gasteiger charge is -2.28. The Kier molecular flexibility index (Phi) is 6.52. The van der Waals surface area contributed by atoms with Gasteiger partial charge >= 0.3 is 0 Å². The Labute approximate surface area is 121 Å². The fourth-order valence-corrected chi connectivity index (χ4v) is 2.29. The van der Waals surface area contributed by atoms with Crippen molar-refractivity contribution in [2.45, 2.75) is 32.7 Å². The highest BCUT2D eigenvalue weighted by Crippen LogP contribution is 2.12. The molecular weight excluding hydrogens is 252 g/mol. The van der Waals surface area contributed by atoms with Gasteiger partial charge in [0.1, 0.15) is 5.75 Å². The van der Waals surface area contributed by atoms with Crippen LogP contribution in [-0.4, -0.2) is 42.6 Å². The minimum atomic E-state index is 0.0563. The maximum Gasteiger partial charge on any atom is 0.220 e. The van der Waals surface area contributed by atoms with Gasteiger partial charge in [0.25, 0.3) is 0 Å². The van der Waals surface area contributed by atoms with Crippen LogP contribution in [0, 0.1) is 5.92 Å². The lowest BCUT2D eigenvalue weighted by molar-refractivity contribution is -0.121. The Morgan fingerprint density at radius 3 is 2.60 bits per heavy atom. The zero-order chi connectivity index (χ0) is 15.1. The summed E-state index contributed by atoms with van der Waals surface area (Å²) in [6.45, 7) is 4.98. The normalized spacial score (nSPS) is 12.7. The molecule has 0 unspecified atom stereocenters. The SMILES string of the molecule is CC(C)[C@H](CNC(=O)CCc1cccc(O)c1)N(C)C. The first kappa shape index (κ1) is 16.5. The van der Waals surface area contributed by atoms with Crippen molar-refractivity contribution in [2.24, 2.45) is 5.92 Å². The summed E-state index contributed by atoms with van der Waals surface area (Å²) in [5.41, 5.74) is 0.980. The van der Waals surface area contributed by atoms with Crippen LogP contribution in [-0.2, 0) is 11.2 Å². The predicted molar refractivity (Wildman–Crippen MR) is 81.8 cm³/mol. The first-order valence-electron chi connectivity index (χ1n) is 7.11. The van der Waals surface area contributed by atoms with E-state index in [0.29, 0.717) is 31.3 Å². The van der Waals surface area contributed by atoms with E-state index in [-0.39, 0.29) is 11.7 Å². The number of amides is 1. The van der Waals surface area contributed by atoms with Crippen LogP contribution in [0.5, 0.6) is 5.75 Å². The van der Waals surface area contributed by atoms with Gasteiger partial charge < -0.3 is 15.3 Å². The molecule has 1 amide bonds. The van der Waals surface area contributed by atoms with E-state index in [4.69, 9.17) is 0 Å². The highest BCUT2D eigenvalue weighted by molar-refractivity contribution is 5.76. The predicted octanol–water partition coefficient (Wildman–Crippen LogP) is 2.03. The van der Waals surface area contributed by atoms with Gasteiger partial charge in [-0.25, -0.2) is 0 Å². The molecule has 1 atom stereocenters. The highest BCUT2D eigenvalue weighted by atomic mass is 16.3. The van der Waals surface area contributed by atoms with E-state index in [9.17, 15) is 9.90 Å². The molecule has 20 heavy (non-hydrogen) atoms. The molecule has 2 N–H and O–H groups in total. The average molecular weight is 278 g/mol. The van der Waals surface area contributed by atoms with Gasteiger partial charge in [-0.05, 0) is 44.1 Å². The number of likely N-dealkylation sites (N-methyl/N-ethyl adjacent to an activating group) is 1. The van der Waals surface area contributed by atoms with Crippen LogP contribution >= 0.6 is 0 Å². The van der Waals surface area contributed by atoms with Gasteiger partial charge in [-0.1, -0.05) is 26.0 Å². The van der Waals surface area contributed by atoms with E-state index in [0.717, 1.165) is 5.56 Å². The molecule has 4 nitrogen and oxygen atoms in total. The van der Waals surface area contributed by atoms with E-state index in [1.165, 1.54) is 0 Å². The van der Waals surface area contributed by atoms with Crippen LogP contribution < -0.4 is 5.32 Å². The first-order valence-corrected chi connectivity index (χ1v) is 7.11. The van der Waals surface area contributed by atoms with E-state index < -0.39 is 0 Å². The number of rotatable bonds is 7. The highest BCUT2D eigenvalue weighted by Gasteiger charge is 2.16. The quantitative estimate of drug-likeness (QED) is 0.802. The largest absolute Gasteiger partial charge is 0.508 e. The van der Waals surface area contributed by atoms with Crippen molar-refractivity contribution >= 4 is 5.91 Å². The minimum Gasteiger partial charge on any atom is -0.508 e. The first-order chi connectivity index (χ1) is 9.40. The van der Waals surface area contributed by atoms with E-state index in [1.54, 1.807) is 18.2 Å². The van der Waals surface area contributed by atoms with E-state index in [1.807, 2.05) is 20.2 Å². The molecule has 4 heteroatoms. The summed E-state index contributed by atoms with van der Waals surface area (Å²) in [5.74, 6) is 0.799. The van der Waals surface area contributed by atoms with Gasteiger partial charge in [-0.15, -0.1) is 0 Å². The standard InChI is InChI=1S/C16H26N2O2/c1-12(2)15(18(3)4)11-17-16(20)9-8-13-6-5-7-14(19)10-13/h5-7,10,12,15,19H,8-9,11H2,1-4H3,(H,17,20)/t15-/m0/s1. The second-order valence-corrected chi connectivity index (χ2v) is 5.75. The number of nitrogens with zero attached hydrogens (tertiary/aromatic N) is 1. The molecular formula is C16H26N2O2. The van der Waals surface area contributed by atoms with Crippen molar-refractivity contribution in [2.75, 3.05) is 20.6 Å². The molecule has 0 aromatic heterocycles. The summed E-state index contributed by atoms with van der Waals surface area (Å²) < 4.78 is 0. The summed E-state index contributed by atoms with van der Waals surface area (Å²) >= 11 is 0. The summed E-state index contributed by atoms with van der Waals surface area (Å²) in [4.78, 5) is 14.0.